The summed E-state index contributed by atoms with van der Waals surface area (Å²) in [4.78, 5) is 24.3. The molecule has 0 heterocycles. The lowest BCUT2D eigenvalue weighted by molar-refractivity contribution is -0.152. The summed E-state index contributed by atoms with van der Waals surface area (Å²) < 4.78 is 10.5. The highest BCUT2D eigenvalue weighted by molar-refractivity contribution is 5.95. The minimum absolute atomic E-state index is 0.0468. The van der Waals surface area contributed by atoms with Gasteiger partial charge in [-0.3, -0.25) is 9.59 Å². The molecule has 1 N–H and O–H groups in total. The Hall–Kier alpha value is -2.82. The highest BCUT2D eigenvalue weighted by Gasteiger charge is 2.19. The maximum Gasteiger partial charge on any atom is 0.311 e. The second kappa shape index (κ2) is 8.33. The van der Waals surface area contributed by atoms with Crippen molar-refractivity contribution in [2.45, 2.75) is 33.3 Å². The molecule has 2 rings (SSSR count). The van der Waals surface area contributed by atoms with E-state index in [1.54, 1.807) is 26.2 Å². The molecule has 0 aliphatic heterocycles. The van der Waals surface area contributed by atoms with E-state index in [9.17, 15) is 9.59 Å². The third kappa shape index (κ3) is 5.08. The van der Waals surface area contributed by atoms with E-state index in [0.717, 1.165) is 16.7 Å². The molecule has 2 aromatic rings. The van der Waals surface area contributed by atoms with Gasteiger partial charge in [0.1, 0.15) is 5.75 Å². The quantitative estimate of drug-likeness (QED) is 0.818. The van der Waals surface area contributed by atoms with E-state index in [2.05, 4.69) is 5.32 Å². The van der Waals surface area contributed by atoms with Crippen LogP contribution >= 0.6 is 0 Å². The summed E-state index contributed by atoms with van der Waals surface area (Å²) in [7, 11) is 1.55. The van der Waals surface area contributed by atoms with E-state index < -0.39 is 12.1 Å². The number of para-hydroxylation sites is 1. The number of rotatable bonds is 6. The molecule has 5 heteroatoms. The van der Waals surface area contributed by atoms with Gasteiger partial charge in [0.2, 0.25) is 0 Å². The first-order valence-electron chi connectivity index (χ1n) is 8.10. The molecule has 0 aromatic heterocycles. The lowest BCUT2D eigenvalue weighted by Gasteiger charge is -2.15. The maximum atomic E-state index is 12.2. The summed E-state index contributed by atoms with van der Waals surface area (Å²) in [6.07, 6.45) is -0.839. The van der Waals surface area contributed by atoms with E-state index >= 15 is 0 Å². The molecule has 0 unspecified atom stereocenters. The lowest BCUT2D eigenvalue weighted by atomic mass is 10.1. The van der Waals surface area contributed by atoms with Crippen LogP contribution < -0.4 is 10.1 Å². The molecule has 0 spiro atoms. The lowest BCUT2D eigenvalue weighted by Crippen LogP contribution is -2.30. The summed E-state index contributed by atoms with van der Waals surface area (Å²) in [6, 6.07) is 13.0. The fraction of sp³-hybridized carbons (Fsp3) is 0.300. The van der Waals surface area contributed by atoms with Crippen molar-refractivity contribution >= 4 is 17.6 Å². The summed E-state index contributed by atoms with van der Waals surface area (Å²) in [5.41, 5.74) is 3.51. The first-order valence-corrected chi connectivity index (χ1v) is 8.10. The average molecular weight is 341 g/mol. The van der Waals surface area contributed by atoms with Crippen LogP contribution in [0.15, 0.2) is 42.5 Å². The second-order valence-corrected chi connectivity index (χ2v) is 5.93. The molecule has 0 bridgehead atoms. The van der Waals surface area contributed by atoms with Crippen LogP contribution in [0.3, 0.4) is 0 Å². The Morgan fingerprint density at radius 3 is 2.52 bits per heavy atom. The first kappa shape index (κ1) is 18.5. The molecule has 5 nitrogen and oxygen atoms in total. The average Bonchev–Trinajstić information content (AvgIpc) is 2.57. The van der Waals surface area contributed by atoms with E-state index in [0.29, 0.717) is 11.4 Å². The van der Waals surface area contributed by atoms with Crippen LogP contribution in [0.2, 0.25) is 0 Å². The Morgan fingerprint density at radius 2 is 1.84 bits per heavy atom. The largest absolute Gasteiger partial charge is 0.496 e. The number of hydrogen-bond donors (Lipinski definition) is 1. The van der Waals surface area contributed by atoms with Gasteiger partial charge >= 0.3 is 5.97 Å². The molecule has 0 saturated heterocycles. The Labute approximate surface area is 148 Å². The van der Waals surface area contributed by atoms with Crippen molar-refractivity contribution in [3.63, 3.8) is 0 Å². The number of hydrogen-bond acceptors (Lipinski definition) is 4. The van der Waals surface area contributed by atoms with Gasteiger partial charge in [0, 0.05) is 11.3 Å². The molecule has 2 aromatic carbocycles. The smallest absolute Gasteiger partial charge is 0.311 e. The van der Waals surface area contributed by atoms with Crippen molar-refractivity contribution < 1.29 is 19.1 Å². The third-order valence-corrected chi connectivity index (χ3v) is 3.84. The molecule has 0 aliphatic rings. The fourth-order valence-electron chi connectivity index (χ4n) is 2.49. The number of benzene rings is 2. The zero-order valence-electron chi connectivity index (χ0n) is 15.0. The van der Waals surface area contributed by atoms with Crippen LogP contribution in [0.4, 0.5) is 5.69 Å². The number of esters is 1. The van der Waals surface area contributed by atoms with Gasteiger partial charge in [-0.15, -0.1) is 0 Å². The van der Waals surface area contributed by atoms with Crippen molar-refractivity contribution in [1.82, 2.24) is 0 Å². The van der Waals surface area contributed by atoms with Crippen molar-refractivity contribution in [1.29, 1.82) is 0 Å². The van der Waals surface area contributed by atoms with Gasteiger partial charge in [0.25, 0.3) is 5.91 Å². The van der Waals surface area contributed by atoms with Gasteiger partial charge in [0.15, 0.2) is 6.10 Å². The molecular weight excluding hydrogens is 318 g/mol. The van der Waals surface area contributed by atoms with Crippen molar-refractivity contribution in [3.05, 3.63) is 59.2 Å². The van der Waals surface area contributed by atoms with Crippen molar-refractivity contribution in [3.8, 4) is 5.75 Å². The Kier molecular flexibility index (Phi) is 6.17. The standard InChI is InChI=1S/C20H23NO4/c1-13-9-10-17(14(2)11-13)21-20(23)15(3)25-19(22)12-16-7-5-6-8-18(16)24-4/h5-11,15H,12H2,1-4H3,(H,21,23)/t15-/m1/s1. The molecule has 1 atom stereocenters. The number of amides is 1. The van der Waals surface area contributed by atoms with Gasteiger partial charge in [-0.2, -0.15) is 0 Å². The van der Waals surface area contributed by atoms with E-state index in [4.69, 9.17) is 9.47 Å². The van der Waals surface area contributed by atoms with Crippen LogP contribution in [0, 0.1) is 13.8 Å². The minimum atomic E-state index is -0.886. The number of carbonyl (C=O) groups is 2. The van der Waals surface area contributed by atoms with Crippen LogP contribution in [-0.2, 0) is 20.7 Å². The van der Waals surface area contributed by atoms with Crippen LogP contribution in [0.1, 0.15) is 23.6 Å². The molecule has 0 radical (unpaired) electrons. The zero-order chi connectivity index (χ0) is 18.4. The molecule has 0 saturated carbocycles. The van der Waals surface area contributed by atoms with Crippen LogP contribution in [0.25, 0.3) is 0 Å². The number of carbonyl (C=O) groups excluding carboxylic acids is 2. The van der Waals surface area contributed by atoms with E-state index in [1.165, 1.54) is 0 Å². The second-order valence-electron chi connectivity index (χ2n) is 5.93. The zero-order valence-corrected chi connectivity index (χ0v) is 15.0. The summed E-state index contributed by atoms with van der Waals surface area (Å²) in [5, 5.41) is 2.79. The van der Waals surface area contributed by atoms with E-state index in [1.807, 2.05) is 44.2 Å². The molecule has 0 aliphatic carbocycles. The van der Waals surface area contributed by atoms with Crippen LogP contribution in [0.5, 0.6) is 5.75 Å². The molecule has 132 valence electrons. The number of nitrogens with one attached hydrogen (secondary N) is 1. The van der Waals surface area contributed by atoms with Crippen molar-refractivity contribution in [2.24, 2.45) is 0 Å². The maximum absolute atomic E-state index is 12.2. The first-order chi connectivity index (χ1) is 11.9. The number of methoxy groups -OCH3 is 1. The molecular formula is C20H23NO4. The Morgan fingerprint density at radius 1 is 1.12 bits per heavy atom. The monoisotopic (exact) mass is 341 g/mol. The van der Waals surface area contributed by atoms with Gasteiger partial charge < -0.3 is 14.8 Å². The van der Waals surface area contributed by atoms with Crippen molar-refractivity contribution in [2.75, 3.05) is 12.4 Å². The van der Waals surface area contributed by atoms with Gasteiger partial charge in [-0.25, -0.2) is 0 Å². The number of aryl methyl sites for hydroxylation is 2. The van der Waals surface area contributed by atoms with Gasteiger partial charge in [0.05, 0.1) is 13.5 Å². The third-order valence-electron chi connectivity index (χ3n) is 3.84. The Balaban J connectivity index is 1.95. The summed E-state index contributed by atoms with van der Waals surface area (Å²) in [6.45, 7) is 5.46. The van der Waals surface area contributed by atoms with Crippen LogP contribution in [-0.4, -0.2) is 25.1 Å². The summed E-state index contributed by atoms with van der Waals surface area (Å²) in [5.74, 6) is -0.222. The Bertz CT molecular complexity index is 770. The van der Waals surface area contributed by atoms with E-state index in [-0.39, 0.29) is 12.3 Å². The number of ether oxygens (including phenoxy) is 2. The SMILES string of the molecule is COc1ccccc1CC(=O)O[C@H](C)C(=O)Nc1ccc(C)cc1C. The summed E-state index contributed by atoms with van der Waals surface area (Å²) >= 11 is 0. The molecule has 25 heavy (non-hydrogen) atoms. The number of anilines is 1. The minimum Gasteiger partial charge on any atom is -0.496 e. The highest BCUT2D eigenvalue weighted by atomic mass is 16.5. The topological polar surface area (TPSA) is 64.6 Å². The molecule has 0 fully saturated rings. The highest BCUT2D eigenvalue weighted by Crippen LogP contribution is 2.19. The fourth-order valence-corrected chi connectivity index (χ4v) is 2.49. The normalized spacial score (nSPS) is 11.5. The predicted octanol–water partition coefficient (Wildman–Crippen LogP) is 3.42. The van der Waals surface area contributed by atoms with Gasteiger partial charge in [-0.1, -0.05) is 35.9 Å². The predicted molar refractivity (Wildman–Crippen MR) is 96.8 cm³/mol. The van der Waals surface area contributed by atoms with Gasteiger partial charge in [-0.05, 0) is 38.5 Å². The molecule has 1 amide bonds.